The maximum absolute atomic E-state index is 13.7. The molecule has 7 heteroatoms. The molecular weight excluding hydrogens is 337 g/mol. The Bertz CT molecular complexity index is 1200. The third kappa shape index (κ3) is 2.55. The van der Waals surface area contributed by atoms with Gasteiger partial charge >= 0.3 is 5.97 Å². The molecule has 0 unspecified atom stereocenters. The van der Waals surface area contributed by atoms with E-state index in [2.05, 4.69) is 10.1 Å². The SMILES string of the molecule is O=C(O)c1cc2nc(-c3cccc(F)c3)c(-c3ccccc3)c(=O)n2[nH]1. The van der Waals surface area contributed by atoms with Crippen LogP contribution in [0.3, 0.4) is 0 Å². The Morgan fingerprint density at radius 2 is 1.77 bits per heavy atom. The monoisotopic (exact) mass is 349 g/mol. The average molecular weight is 349 g/mol. The first kappa shape index (κ1) is 15.8. The van der Waals surface area contributed by atoms with Gasteiger partial charge in [0.05, 0.1) is 11.3 Å². The number of nitrogens with zero attached hydrogens (tertiary/aromatic N) is 2. The summed E-state index contributed by atoms with van der Waals surface area (Å²) in [6.45, 7) is 0. The summed E-state index contributed by atoms with van der Waals surface area (Å²) in [5.41, 5.74) is 1.10. The van der Waals surface area contributed by atoms with E-state index in [9.17, 15) is 14.0 Å². The number of aromatic amines is 1. The van der Waals surface area contributed by atoms with Crippen molar-refractivity contribution >= 4 is 11.6 Å². The van der Waals surface area contributed by atoms with Crippen LogP contribution < -0.4 is 5.56 Å². The zero-order chi connectivity index (χ0) is 18.3. The number of aromatic nitrogens is 3. The number of carbonyl (C=O) groups is 1. The maximum Gasteiger partial charge on any atom is 0.353 e. The fourth-order valence-corrected chi connectivity index (χ4v) is 2.84. The van der Waals surface area contributed by atoms with Crippen molar-refractivity contribution in [2.45, 2.75) is 0 Å². The Balaban J connectivity index is 2.11. The van der Waals surface area contributed by atoms with Crippen LogP contribution in [0.5, 0.6) is 0 Å². The Kier molecular flexibility index (Phi) is 3.62. The fourth-order valence-electron chi connectivity index (χ4n) is 2.84. The van der Waals surface area contributed by atoms with E-state index in [0.717, 1.165) is 4.52 Å². The molecule has 0 fully saturated rings. The van der Waals surface area contributed by atoms with E-state index in [-0.39, 0.29) is 22.6 Å². The van der Waals surface area contributed by atoms with E-state index in [4.69, 9.17) is 5.11 Å². The van der Waals surface area contributed by atoms with Crippen molar-refractivity contribution in [1.29, 1.82) is 0 Å². The zero-order valence-corrected chi connectivity index (χ0v) is 13.3. The van der Waals surface area contributed by atoms with Gasteiger partial charge in [-0.25, -0.2) is 18.7 Å². The van der Waals surface area contributed by atoms with E-state index in [1.807, 2.05) is 6.07 Å². The second kappa shape index (κ2) is 5.96. The minimum atomic E-state index is -1.21. The van der Waals surface area contributed by atoms with Crippen LogP contribution >= 0.6 is 0 Å². The smallest absolute Gasteiger partial charge is 0.353 e. The molecule has 0 saturated heterocycles. The lowest BCUT2D eigenvalue weighted by atomic mass is 10.0. The molecule has 2 aromatic heterocycles. The molecule has 4 aromatic rings. The highest BCUT2D eigenvalue weighted by molar-refractivity contribution is 5.87. The molecule has 4 rings (SSSR count). The average Bonchev–Trinajstić information content (AvgIpc) is 3.07. The molecule has 0 aliphatic rings. The van der Waals surface area contributed by atoms with Crippen molar-refractivity contribution in [3.8, 4) is 22.4 Å². The van der Waals surface area contributed by atoms with Crippen LogP contribution in [0.15, 0.2) is 65.5 Å². The van der Waals surface area contributed by atoms with Crippen molar-refractivity contribution in [3.63, 3.8) is 0 Å². The number of carboxylic acids is 1. The predicted octanol–water partition coefficient (Wildman–Crippen LogP) is 3.19. The summed E-state index contributed by atoms with van der Waals surface area (Å²) < 4.78 is 14.8. The summed E-state index contributed by atoms with van der Waals surface area (Å²) in [5, 5.41) is 11.7. The first-order valence-electron chi connectivity index (χ1n) is 7.75. The topological polar surface area (TPSA) is 87.5 Å². The zero-order valence-electron chi connectivity index (χ0n) is 13.3. The molecule has 0 saturated carbocycles. The molecule has 2 heterocycles. The van der Waals surface area contributed by atoms with Gasteiger partial charge < -0.3 is 5.11 Å². The van der Waals surface area contributed by atoms with Crippen LogP contribution in [0.25, 0.3) is 28.0 Å². The molecule has 0 aliphatic carbocycles. The van der Waals surface area contributed by atoms with Gasteiger partial charge in [-0.05, 0) is 17.7 Å². The van der Waals surface area contributed by atoms with Gasteiger partial charge in [-0.1, -0.05) is 42.5 Å². The fraction of sp³-hybridized carbons (Fsp3) is 0. The van der Waals surface area contributed by atoms with Crippen LogP contribution in [0.1, 0.15) is 10.5 Å². The molecule has 128 valence electrons. The molecule has 2 N–H and O–H groups in total. The molecule has 0 atom stereocenters. The second-order valence-electron chi connectivity index (χ2n) is 5.69. The predicted molar refractivity (Wildman–Crippen MR) is 93.6 cm³/mol. The van der Waals surface area contributed by atoms with Crippen molar-refractivity contribution in [1.82, 2.24) is 14.6 Å². The van der Waals surface area contributed by atoms with Crippen LogP contribution in [0, 0.1) is 5.82 Å². The number of nitrogens with one attached hydrogen (secondary N) is 1. The van der Waals surface area contributed by atoms with Crippen molar-refractivity contribution in [2.75, 3.05) is 0 Å². The van der Waals surface area contributed by atoms with Crippen LogP contribution in [0.4, 0.5) is 4.39 Å². The minimum absolute atomic E-state index is 0.145. The minimum Gasteiger partial charge on any atom is -0.477 e. The van der Waals surface area contributed by atoms with Gasteiger partial charge in [-0.3, -0.25) is 9.89 Å². The number of fused-ring (bicyclic) bond motifs is 1. The lowest BCUT2D eigenvalue weighted by molar-refractivity contribution is 0.0690. The summed E-state index contributed by atoms with van der Waals surface area (Å²) in [7, 11) is 0. The van der Waals surface area contributed by atoms with Gasteiger partial charge in [0.1, 0.15) is 11.5 Å². The highest BCUT2D eigenvalue weighted by atomic mass is 19.1. The standard InChI is InChI=1S/C19H12FN3O3/c20-13-8-4-7-12(9-13)17-16(11-5-2-1-3-6-11)18(24)23-15(21-17)10-14(22-23)19(25)26/h1-10,22H,(H,25,26). The first-order valence-corrected chi connectivity index (χ1v) is 7.75. The number of H-pyrrole nitrogens is 1. The van der Waals surface area contributed by atoms with Crippen LogP contribution in [-0.2, 0) is 0 Å². The first-order chi connectivity index (χ1) is 12.5. The molecule has 0 radical (unpaired) electrons. The van der Waals surface area contributed by atoms with E-state index >= 15 is 0 Å². The molecule has 0 aliphatic heterocycles. The molecule has 0 bridgehead atoms. The van der Waals surface area contributed by atoms with Gasteiger partial charge in [0.2, 0.25) is 0 Å². The molecule has 0 spiro atoms. The lowest BCUT2D eigenvalue weighted by Gasteiger charge is -2.09. The number of hydrogen-bond acceptors (Lipinski definition) is 3. The van der Waals surface area contributed by atoms with Gasteiger partial charge in [0, 0.05) is 11.6 Å². The molecule has 6 nitrogen and oxygen atoms in total. The van der Waals surface area contributed by atoms with E-state index in [0.29, 0.717) is 11.1 Å². The summed E-state index contributed by atoms with van der Waals surface area (Å²) in [5.74, 6) is -1.66. The van der Waals surface area contributed by atoms with Crippen LogP contribution in [-0.4, -0.2) is 25.7 Å². The largest absolute Gasteiger partial charge is 0.477 e. The third-order valence-corrected chi connectivity index (χ3v) is 4.01. The second-order valence-corrected chi connectivity index (χ2v) is 5.69. The van der Waals surface area contributed by atoms with Crippen LogP contribution in [0.2, 0.25) is 0 Å². The van der Waals surface area contributed by atoms with Crippen molar-refractivity contribution in [2.24, 2.45) is 0 Å². The molecule has 0 amide bonds. The summed E-state index contributed by atoms with van der Waals surface area (Å²) in [4.78, 5) is 28.7. The number of halogens is 1. The Morgan fingerprint density at radius 3 is 2.46 bits per heavy atom. The normalized spacial score (nSPS) is 11.0. The number of benzene rings is 2. The summed E-state index contributed by atoms with van der Waals surface area (Å²) >= 11 is 0. The van der Waals surface area contributed by atoms with E-state index < -0.39 is 17.3 Å². The number of rotatable bonds is 3. The maximum atomic E-state index is 13.7. The summed E-state index contributed by atoms with van der Waals surface area (Å²) in [6, 6.07) is 15.9. The van der Waals surface area contributed by atoms with E-state index in [1.54, 1.807) is 30.3 Å². The lowest BCUT2D eigenvalue weighted by Crippen LogP contribution is -2.19. The van der Waals surface area contributed by atoms with Gasteiger partial charge in [-0.2, -0.15) is 0 Å². The van der Waals surface area contributed by atoms with Gasteiger partial charge in [-0.15, -0.1) is 0 Å². The molecular formula is C19H12FN3O3. The number of aromatic carboxylic acids is 1. The highest BCUT2D eigenvalue weighted by Gasteiger charge is 2.19. The van der Waals surface area contributed by atoms with Crippen molar-refractivity contribution < 1.29 is 14.3 Å². The Labute approximate surface area is 146 Å². The van der Waals surface area contributed by atoms with E-state index in [1.165, 1.54) is 24.3 Å². The Hall–Kier alpha value is -3.74. The highest BCUT2D eigenvalue weighted by Crippen LogP contribution is 2.28. The Morgan fingerprint density at radius 1 is 1.04 bits per heavy atom. The molecule has 26 heavy (non-hydrogen) atoms. The molecule has 2 aromatic carbocycles. The van der Waals surface area contributed by atoms with Gasteiger partial charge in [0.25, 0.3) is 5.56 Å². The number of hydrogen-bond donors (Lipinski definition) is 2. The summed E-state index contributed by atoms with van der Waals surface area (Å²) in [6.07, 6.45) is 0. The quantitative estimate of drug-likeness (QED) is 0.595. The van der Waals surface area contributed by atoms with Gasteiger partial charge in [0.15, 0.2) is 5.65 Å². The van der Waals surface area contributed by atoms with Crippen molar-refractivity contribution in [3.05, 3.63) is 82.5 Å². The number of carboxylic acid groups (broad SMARTS) is 1. The third-order valence-electron chi connectivity index (χ3n) is 4.01.